The number of carbonyl (C=O) groups is 2. The number of hydrogen-bond acceptors (Lipinski definition) is 4. The van der Waals surface area contributed by atoms with E-state index < -0.39 is 22.1 Å². The van der Waals surface area contributed by atoms with Crippen LogP contribution in [-0.4, -0.2) is 38.5 Å². The van der Waals surface area contributed by atoms with Crippen molar-refractivity contribution in [1.82, 2.24) is 20.3 Å². The van der Waals surface area contributed by atoms with Crippen LogP contribution in [0.25, 0.3) is 10.8 Å². The summed E-state index contributed by atoms with van der Waals surface area (Å²) in [5, 5.41) is 7.26. The molecule has 8 nitrogen and oxygen atoms in total. The van der Waals surface area contributed by atoms with E-state index in [1.165, 1.54) is 4.90 Å². The Labute approximate surface area is 241 Å². The van der Waals surface area contributed by atoms with Crippen molar-refractivity contribution in [2.24, 2.45) is 0 Å². The van der Waals surface area contributed by atoms with Gasteiger partial charge < -0.3 is 10.6 Å². The minimum absolute atomic E-state index is 0.157. The topological polar surface area (TPSA) is 108 Å². The molecule has 41 heavy (non-hydrogen) atoms. The van der Waals surface area contributed by atoms with Gasteiger partial charge in [-0.25, -0.2) is 27.6 Å². The average molecular weight is 573 g/mol. The lowest BCUT2D eigenvalue weighted by atomic mass is 10.1. The van der Waals surface area contributed by atoms with Gasteiger partial charge in [-0.05, 0) is 35.4 Å². The first-order chi connectivity index (χ1) is 19.9. The Morgan fingerprint density at radius 2 is 1.20 bits per heavy atom. The molecule has 0 aromatic heterocycles. The van der Waals surface area contributed by atoms with Gasteiger partial charge in [-0.1, -0.05) is 110 Å². The van der Waals surface area contributed by atoms with Gasteiger partial charge in [-0.3, -0.25) is 0 Å². The van der Waals surface area contributed by atoms with Crippen LogP contribution in [0.5, 0.6) is 0 Å². The molecular formula is C32H36N4O4S. The van der Waals surface area contributed by atoms with E-state index in [1.807, 2.05) is 91.0 Å². The maximum atomic E-state index is 13.0. The minimum Gasteiger partial charge on any atom is -0.338 e. The zero-order valence-corrected chi connectivity index (χ0v) is 23.8. The molecule has 0 heterocycles. The summed E-state index contributed by atoms with van der Waals surface area (Å²) in [4.78, 5) is 27.3. The molecule has 0 aliphatic carbocycles. The van der Waals surface area contributed by atoms with E-state index >= 15 is 0 Å². The van der Waals surface area contributed by atoms with Gasteiger partial charge in [0.2, 0.25) is 10.0 Å². The van der Waals surface area contributed by atoms with Crippen LogP contribution in [0, 0.1) is 0 Å². The molecule has 9 heteroatoms. The fourth-order valence-corrected chi connectivity index (χ4v) is 5.78. The van der Waals surface area contributed by atoms with Crippen molar-refractivity contribution in [2.75, 3.05) is 13.1 Å². The number of hydrogen-bond donors (Lipinski definition) is 3. The molecule has 0 saturated heterocycles. The van der Waals surface area contributed by atoms with Crippen LogP contribution in [0.2, 0.25) is 0 Å². The highest BCUT2D eigenvalue weighted by molar-refractivity contribution is 7.89. The van der Waals surface area contributed by atoms with Gasteiger partial charge in [0.1, 0.15) is 0 Å². The third-order valence-electron chi connectivity index (χ3n) is 6.67. The predicted octanol–water partition coefficient (Wildman–Crippen LogP) is 5.80. The monoisotopic (exact) mass is 572 g/mol. The Bertz CT molecular complexity index is 1520. The predicted molar refractivity (Wildman–Crippen MR) is 162 cm³/mol. The molecule has 3 N–H and O–H groups in total. The molecule has 0 spiro atoms. The molecule has 0 aliphatic heterocycles. The van der Waals surface area contributed by atoms with Gasteiger partial charge >= 0.3 is 12.1 Å². The molecule has 4 rings (SSSR count). The fourth-order valence-electron chi connectivity index (χ4n) is 4.48. The second-order valence-electron chi connectivity index (χ2n) is 9.74. The second kappa shape index (κ2) is 15.0. The van der Waals surface area contributed by atoms with Crippen LogP contribution in [-0.2, 0) is 23.1 Å². The standard InChI is InChI=1S/C32H36N4O4S/c37-31(36(25-27-16-7-4-8-17-27)32(38)34-24-26-14-5-3-6-15-26)33-22-11-1-2-12-23-35-41(39,40)30-21-13-19-28-18-9-10-20-29(28)30/h3-10,13-21,35H,1-2,11-12,22-25H2,(H,33,37)(H,34,38). The van der Waals surface area contributed by atoms with Crippen LogP contribution in [0.1, 0.15) is 36.8 Å². The van der Waals surface area contributed by atoms with Crippen LogP contribution >= 0.6 is 0 Å². The number of rotatable bonds is 13. The van der Waals surface area contributed by atoms with Crippen LogP contribution in [0.15, 0.2) is 108 Å². The van der Waals surface area contributed by atoms with Crippen molar-refractivity contribution < 1.29 is 18.0 Å². The molecule has 4 amide bonds. The summed E-state index contributed by atoms with van der Waals surface area (Å²) in [5.74, 6) is 0. The molecule has 214 valence electrons. The molecule has 0 fully saturated rings. The summed E-state index contributed by atoms with van der Waals surface area (Å²) >= 11 is 0. The van der Waals surface area contributed by atoms with Gasteiger partial charge in [-0.2, -0.15) is 0 Å². The van der Waals surface area contributed by atoms with Crippen molar-refractivity contribution >= 4 is 32.9 Å². The highest BCUT2D eigenvalue weighted by Gasteiger charge is 2.21. The van der Waals surface area contributed by atoms with Crippen molar-refractivity contribution in [2.45, 2.75) is 43.7 Å². The number of imide groups is 1. The number of amides is 4. The molecule has 4 aromatic rings. The number of fused-ring (bicyclic) bond motifs is 1. The number of nitrogens with one attached hydrogen (secondary N) is 3. The zero-order chi connectivity index (χ0) is 28.9. The summed E-state index contributed by atoms with van der Waals surface area (Å²) < 4.78 is 28.4. The van der Waals surface area contributed by atoms with Crippen molar-refractivity contribution in [3.05, 3.63) is 114 Å². The van der Waals surface area contributed by atoms with Crippen molar-refractivity contribution in [1.29, 1.82) is 0 Å². The van der Waals surface area contributed by atoms with E-state index in [0.717, 1.165) is 29.4 Å². The Morgan fingerprint density at radius 3 is 1.93 bits per heavy atom. The third kappa shape index (κ3) is 8.89. The minimum atomic E-state index is -3.61. The normalized spacial score (nSPS) is 11.2. The average Bonchev–Trinajstić information content (AvgIpc) is 3.00. The summed E-state index contributed by atoms with van der Waals surface area (Å²) in [6, 6.07) is 30.7. The first-order valence-corrected chi connectivity index (χ1v) is 15.3. The molecule has 0 radical (unpaired) electrons. The van der Waals surface area contributed by atoms with E-state index in [0.29, 0.717) is 37.9 Å². The number of carbonyl (C=O) groups excluding carboxylic acids is 2. The van der Waals surface area contributed by atoms with Crippen molar-refractivity contribution in [3.63, 3.8) is 0 Å². The molecule has 4 aromatic carbocycles. The first kappa shape index (κ1) is 29.8. The summed E-state index contributed by atoms with van der Waals surface area (Å²) in [7, 11) is -3.61. The molecule has 0 saturated carbocycles. The highest BCUT2D eigenvalue weighted by atomic mass is 32.2. The van der Waals surface area contributed by atoms with Crippen LogP contribution in [0.4, 0.5) is 9.59 Å². The Balaban J connectivity index is 1.19. The molecule has 0 bridgehead atoms. The highest BCUT2D eigenvalue weighted by Crippen LogP contribution is 2.22. The Morgan fingerprint density at radius 1 is 0.610 bits per heavy atom. The largest absolute Gasteiger partial charge is 0.338 e. The van der Waals surface area contributed by atoms with Gasteiger partial charge in [0.05, 0.1) is 11.4 Å². The van der Waals surface area contributed by atoms with E-state index in [-0.39, 0.29) is 11.4 Å². The Kier molecular flexibility index (Phi) is 10.9. The number of unbranched alkanes of at least 4 members (excludes halogenated alkanes) is 3. The zero-order valence-electron chi connectivity index (χ0n) is 23.0. The van der Waals surface area contributed by atoms with Crippen LogP contribution < -0.4 is 15.4 Å². The van der Waals surface area contributed by atoms with E-state index in [2.05, 4.69) is 15.4 Å². The molecule has 0 unspecified atom stereocenters. The lowest BCUT2D eigenvalue weighted by Crippen LogP contribution is -2.48. The molecule has 0 atom stereocenters. The van der Waals surface area contributed by atoms with E-state index in [4.69, 9.17) is 0 Å². The lowest BCUT2D eigenvalue weighted by Gasteiger charge is -2.22. The fraction of sp³-hybridized carbons (Fsp3) is 0.250. The number of sulfonamides is 1. The number of urea groups is 2. The maximum absolute atomic E-state index is 13.0. The van der Waals surface area contributed by atoms with Crippen LogP contribution in [0.3, 0.4) is 0 Å². The van der Waals surface area contributed by atoms with Gasteiger partial charge in [0.15, 0.2) is 0 Å². The van der Waals surface area contributed by atoms with Gasteiger partial charge in [0, 0.05) is 25.0 Å². The van der Waals surface area contributed by atoms with E-state index in [9.17, 15) is 18.0 Å². The smallest absolute Gasteiger partial charge is 0.326 e. The van der Waals surface area contributed by atoms with Gasteiger partial charge in [0.25, 0.3) is 0 Å². The third-order valence-corrected chi connectivity index (χ3v) is 8.19. The SMILES string of the molecule is O=C(NCCCCCCNS(=O)(=O)c1cccc2ccccc12)N(Cc1ccccc1)C(=O)NCc1ccccc1. The molecule has 0 aliphatic rings. The Hall–Kier alpha value is -4.21. The van der Waals surface area contributed by atoms with E-state index in [1.54, 1.807) is 12.1 Å². The summed E-state index contributed by atoms with van der Waals surface area (Å²) in [5.41, 5.74) is 1.80. The first-order valence-electron chi connectivity index (χ1n) is 13.8. The number of nitrogens with zero attached hydrogens (tertiary/aromatic N) is 1. The molecular weight excluding hydrogens is 536 g/mol. The maximum Gasteiger partial charge on any atom is 0.326 e. The number of benzene rings is 4. The van der Waals surface area contributed by atoms with Gasteiger partial charge in [-0.15, -0.1) is 0 Å². The quantitative estimate of drug-likeness (QED) is 0.176. The van der Waals surface area contributed by atoms with Crippen molar-refractivity contribution in [3.8, 4) is 0 Å². The summed E-state index contributed by atoms with van der Waals surface area (Å²) in [6.07, 6.45) is 3.01. The summed E-state index contributed by atoms with van der Waals surface area (Å²) in [6.45, 7) is 1.23. The second-order valence-corrected chi connectivity index (χ2v) is 11.5. The lowest BCUT2D eigenvalue weighted by molar-refractivity contribution is 0.183.